The maximum Gasteiger partial charge on any atom is 0.224 e. The van der Waals surface area contributed by atoms with Crippen molar-refractivity contribution in [3.63, 3.8) is 0 Å². The molecule has 3 heterocycles. The van der Waals surface area contributed by atoms with Gasteiger partial charge in [0.15, 0.2) is 0 Å². The predicted octanol–water partition coefficient (Wildman–Crippen LogP) is 1.66. The first-order valence-corrected chi connectivity index (χ1v) is 9.20. The molecule has 0 aliphatic carbocycles. The Bertz CT molecular complexity index is 534. The van der Waals surface area contributed by atoms with E-state index in [4.69, 9.17) is 9.47 Å². The van der Waals surface area contributed by atoms with E-state index >= 15 is 0 Å². The van der Waals surface area contributed by atoms with Gasteiger partial charge in [-0.1, -0.05) is 0 Å². The Morgan fingerprint density at radius 2 is 2.39 bits per heavy atom. The van der Waals surface area contributed by atoms with Crippen molar-refractivity contribution < 1.29 is 14.3 Å². The second kappa shape index (κ2) is 7.75. The van der Waals surface area contributed by atoms with Gasteiger partial charge in [0, 0.05) is 50.7 Å². The van der Waals surface area contributed by atoms with E-state index in [0.29, 0.717) is 19.1 Å². The Morgan fingerprint density at radius 3 is 3.13 bits per heavy atom. The fourth-order valence-corrected chi connectivity index (χ4v) is 4.59. The normalized spacial score (nSPS) is 27.8. The lowest BCUT2D eigenvalue weighted by molar-refractivity contribution is -0.131. The highest BCUT2D eigenvalue weighted by Crippen LogP contribution is 2.35. The molecule has 5 nitrogen and oxygen atoms in total. The summed E-state index contributed by atoms with van der Waals surface area (Å²) in [7, 11) is 1.65. The molecule has 0 radical (unpaired) electrons. The molecule has 0 spiro atoms. The summed E-state index contributed by atoms with van der Waals surface area (Å²) in [6.07, 6.45) is 1.20. The minimum atomic E-state index is 0.0216. The van der Waals surface area contributed by atoms with Crippen LogP contribution in [0.5, 0.6) is 0 Å². The lowest BCUT2D eigenvalue weighted by Gasteiger charge is -2.39. The van der Waals surface area contributed by atoms with Gasteiger partial charge in [0.05, 0.1) is 18.6 Å². The number of fused-ring (bicyclic) bond motifs is 1. The molecule has 2 aliphatic rings. The summed E-state index contributed by atoms with van der Waals surface area (Å²) in [6, 6.07) is 2.16. The van der Waals surface area contributed by atoms with Gasteiger partial charge in [-0.15, -0.1) is 11.3 Å². The number of hydrogen-bond donors (Lipinski definition) is 1. The van der Waals surface area contributed by atoms with Crippen LogP contribution in [0.3, 0.4) is 0 Å². The maximum absolute atomic E-state index is 12.6. The van der Waals surface area contributed by atoms with Gasteiger partial charge in [0.1, 0.15) is 0 Å². The third-order valence-corrected chi connectivity index (χ3v) is 5.96. The van der Waals surface area contributed by atoms with Crippen LogP contribution in [0.15, 0.2) is 11.4 Å². The van der Waals surface area contributed by atoms with Gasteiger partial charge >= 0.3 is 0 Å². The van der Waals surface area contributed by atoms with E-state index in [-0.39, 0.29) is 17.9 Å². The van der Waals surface area contributed by atoms with Gasteiger partial charge in [0.25, 0.3) is 0 Å². The van der Waals surface area contributed by atoms with Gasteiger partial charge in [-0.3, -0.25) is 9.69 Å². The van der Waals surface area contributed by atoms with Crippen LogP contribution in [0.1, 0.15) is 16.9 Å². The lowest BCUT2D eigenvalue weighted by atomic mass is 9.82. The average Bonchev–Trinajstić information content (AvgIpc) is 3.16. The molecule has 1 aromatic heterocycles. The monoisotopic (exact) mass is 338 g/mol. The molecular weight excluding hydrogens is 312 g/mol. The van der Waals surface area contributed by atoms with Crippen LogP contribution < -0.4 is 5.32 Å². The van der Waals surface area contributed by atoms with Gasteiger partial charge in [-0.2, -0.15) is 0 Å². The standard InChI is InChI=1S/C17H26N2O3S/c1-12-4-8-23-16(12)11-19-9-14(17(20)18-5-7-21-2)13-3-6-22-15(13)10-19/h4,8,13-15H,3,5-7,9-11H2,1-2H3,(H,18,20)/t13-,14-,15+/m1/s1. The first kappa shape index (κ1) is 16.9. The Hall–Kier alpha value is -0.950. The molecule has 1 N–H and O–H groups in total. The van der Waals surface area contributed by atoms with Crippen LogP contribution >= 0.6 is 11.3 Å². The number of piperidine rings is 1. The number of nitrogens with zero attached hydrogens (tertiary/aromatic N) is 1. The number of carbonyl (C=O) groups excluding carboxylic acids is 1. The minimum Gasteiger partial charge on any atom is -0.383 e. The number of carbonyl (C=O) groups is 1. The molecule has 128 valence electrons. The molecule has 2 aliphatic heterocycles. The summed E-state index contributed by atoms with van der Waals surface area (Å²) in [5.74, 6) is 0.529. The first-order valence-electron chi connectivity index (χ1n) is 8.32. The van der Waals surface area contributed by atoms with Gasteiger partial charge in [-0.25, -0.2) is 0 Å². The van der Waals surface area contributed by atoms with Gasteiger partial charge < -0.3 is 14.8 Å². The van der Waals surface area contributed by atoms with Crippen LogP contribution in [0, 0.1) is 18.8 Å². The quantitative estimate of drug-likeness (QED) is 0.802. The third kappa shape index (κ3) is 3.94. The number of hydrogen-bond acceptors (Lipinski definition) is 5. The van der Waals surface area contributed by atoms with Crippen LogP contribution in [0.4, 0.5) is 0 Å². The van der Waals surface area contributed by atoms with Crippen molar-refractivity contribution in [1.29, 1.82) is 0 Å². The topological polar surface area (TPSA) is 50.8 Å². The summed E-state index contributed by atoms with van der Waals surface area (Å²) < 4.78 is 10.9. The zero-order chi connectivity index (χ0) is 16.2. The Balaban J connectivity index is 1.65. The molecule has 1 amide bonds. The number of ether oxygens (including phenoxy) is 2. The largest absolute Gasteiger partial charge is 0.383 e. The van der Waals surface area contributed by atoms with Crippen molar-refractivity contribution >= 4 is 17.2 Å². The molecule has 23 heavy (non-hydrogen) atoms. The molecule has 3 rings (SSSR count). The van der Waals surface area contributed by atoms with E-state index < -0.39 is 0 Å². The smallest absolute Gasteiger partial charge is 0.224 e. The number of thiophene rings is 1. The fraction of sp³-hybridized carbons (Fsp3) is 0.706. The predicted molar refractivity (Wildman–Crippen MR) is 90.6 cm³/mol. The van der Waals surface area contributed by atoms with E-state index in [1.165, 1.54) is 10.4 Å². The van der Waals surface area contributed by atoms with Crippen molar-refractivity contribution in [2.75, 3.05) is 40.0 Å². The second-order valence-electron chi connectivity index (χ2n) is 6.47. The van der Waals surface area contributed by atoms with E-state index in [2.05, 4.69) is 28.6 Å². The molecule has 2 saturated heterocycles. The number of aryl methyl sites for hydroxylation is 1. The molecule has 1 aromatic rings. The maximum atomic E-state index is 12.6. The summed E-state index contributed by atoms with van der Waals surface area (Å²) >= 11 is 1.80. The number of likely N-dealkylation sites (tertiary alicyclic amines) is 1. The highest BCUT2D eigenvalue weighted by atomic mass is 32.1. The van der Waals surface area contributed by atoms with Crippen LogP contribution in [0.2, 0.25) is 0 Å². The second-order valence-corrected chi connectivity index (χ2v) is 7.47. The number of amides is 1. The molecule has 3 atom stereocenters. The highest BCUT2D eigenvalue weighted by molar-refractivity contribution is 7.10. The van der Waals surface area contributed by atoms with E-state index in [0.717, 1.165) is 32.7 Å². The van der Waals surface area contributed by atoms with E-state index in [1.54, 1.807) is 18.4 Å². The molecule has 0 saturated carbocycles. The molecule has 0 aromatic carbocycles. The molecule has 2 fully saturated rings. The number of methoxy groups -OCH3 is 1. The zero-order valence-electron chi connectivity index (χ0n) is 13.9. The average molecular weight is 338 g/mol. The van der Waals surface area contributed by atoms with Gasteiger partial charge in [0.2, 0.25) is 5.91 Å². The first-order chi connectivity index (χ1) is 11.2. The summed E-state index contributed by atoms with van der Waals surface area (Å²) in [6.45, 7) is 6.74. The van der Waals surface area contributed by atoms with E-state index in [9.17, 15) is 4.79 Å². The van der Waals surface area contributed by atoms with Crippen LogP contribution in [-0.4, -0.2) is 56.9 Å². The molecule has 0 unspecified atom stereocenters. The number of nitrogens with one attached hydrogen (secondary N) is 1. The van der Waals surface area contributed by atoms with Crippen molar-refractivity contribution in [1.82, 2.24) is 10.2 Å². The molecule has 0 bridgehead atoms. The Morgan fingerprint density at radius 1 is 1.52 bits per heavy atom. The Labute approximate surface area is 142 Å². The van der Waals surface area contributed by atoms with E-state index in [1.807, 2.05) is 0 Å². The molecular formula is C17H26N2O3S. The highest BCUT2D eigenvalue weighted by Gasteiger charge is 2.43. The molecule has 6 heteroatoms. The Kier molecular flexibility index (Phi) is 5.69. The zero-order valence-corrected chi connectivity index (χ0v) is 14.7. The fourth-order valence-electron chi connectivity index (χ4n) is 3.64. The van der Waals surface area contributed by atoms with Crippen molar-refractivity contribution in [2.45, 2.75) is 26.0 Å². The minimum absolute atomic E-state index is 0.0216. The third-order valence-electron chi connectivity index (χ3n) is 4.95. The number of rotatable bonds is 6. The van der Waals surface area contributed by atoms with Crippen molar-refractivity contribution in [3.8, 4) is 0 Å². The van der Waals surface area contributed by atoms with Crippen LogP contribution in [0.25, 0.3) is 0 Å². The van der Waals surface area contributed by atoms with Crippen molar-refractivity contribution in [3.05, 3.63) is 21.9 Å². The summed E-state index contributed by atoms with van der Waals surface area (Å²) in [5, 5.41) is 5.15. The van der Waals surface area contributed by atoms with Crippen molar-refractivity contribution in [2.24, 2.45) is 11.8 Å². The lowest BCUT2D eigenvalue weighted by Crippen LogP contribution is -2.52. The van der Waals surface area contributed by atoms with Gasteiger partial charge in [-0.05, 0) is 30.4 Å². The summed E-state index contributed by atoms with van der Waals surface area (Å²) in [4.78, 5) is 16.4. The SMILES string of the molecule is COCCNC(=O)[C@@H]1CN(Cc2sccc2C)C[C@@H]2OCC[C@@H]21. The van der Waals surface area contributed by atoms with Crippen LogP contribution in [-0.2, 0) is 20.8 Å². The summed E-state index contributed by atoms with van der Waals surface area (Å²) in [5.41, 5.74) is 1.34.